The van der Waals surface area contributed by atoms with E-state index in [0.717, 1.165) is 0 Å². The highest BCUT2D eigenvalue weighted by Gasteiger charge is 2.40. The smallest absolute Gasteiger partial charge is 0.240 e. The average molecular weight is 313 g/mol. The fourth-order valence-corrected chi connectivity index (χ4v) is 2.15. The van der Waals surface area contributed by atoms with Gasteiger partial charge >= 0.3 is 0 Å². The van der Waals surface area contributed by atoms with E-state index in [1.807, 2.05) is 0 Å². The van der Waals surface area contributed by atoms with Gasteiger partial charge in [-0.05, 0) is 59.0 Å². The van der Waals surface area contributed by atoms with Gasteiger partial charge in [-0.2, -0.15) is 0 Å². The topological polar surface area (TPSA) is 101 Å². The maximum Gasteiger partial charge on any atom is 0.240 e. The van der Waals surface area contributed by atoms with Crippen molar-refractivity contribution in [3.05, 3.63) is 24.3 Å². The Balaban J connectivity index is 2.94. The minimum Gasteiger partial charge on any atom is -0.326 e. The van der Waals surface area contributed by atoms with Crippen molar-refractivity contribution in [2.24, 2.45) is 11.1 Å². The zero-order valence-electron chi connectivity index (χ0n) is 13.0. The average Bonchev–Trinajstić information content (AvgIpc) is 2.38. The van der Waals surface area contributed by atoms with Crippen molar-refractivity contribution in [2.45, 2.75) is 38.1 Å². The highest BCUT2D eigenvalue weighted by Crippen LogP contribution is 2.29. The molecule has 0 unspecified atom stereocenters. The first-order valence-electron chi connectivity index (χ1n) is 6.56. The molecule has 6 nitrogen and oxygen atoms in total. The van der Waals surface area contributed by atoms with Crippen LogP contribution in [-0.2, 0) is 14.8 Å². The predicted molar refractivity (Wildman–Crippen MR) is 83.4 cm³/mol. The fourth-order valence-electron chi connectivity index (χ4n) is 1.42. The van der Waals surface area contributed by atoms with Gasteiger partial charge in [0.15, 0.2) is 0 Å². The first kappa shape index (κ1) is 17.6. The summed E-state index contributed by atoms with van der Waals surface area (Å²) < 4.78 is 25.5. The molecule has 1 rings (SSSR count). The van der Waals surface area contributed by atoms with Crippen molar-refractivity contribution >= 4 is 21.6 Å². The first-order valence-corrected chi connectivity index (χ1v) is 8.04. The van der Waals surface area contributed by atoms with Gasteiger partial charge in [-0.25, -0.2) is 13.1 Å². The van der Waals surface area contributed by atoms with Crippen molar-refractivity contribution < 1.29 is 13.2 Å². The molecule has 0 radical (unpaired) electrons. The maximum absolute atomic E-state index is 12.3. The third-order valence-corrected chi connectivity index (χ3v) is 5.30. The van der Waals surface area contributed by atoms with Crippen LogP contribution in [0.25, 0.3) is 0 Å². The van der Waals surface area contributed by atoms with E-state index in [1.165, 1.54) is 19.2 Å². The second-order valence-electron chi connectivity index (χ2n) is 6.03. The summed E-state index contributed by atoms with van der Waals surface area (Å²) in [4.78, 5) is 12.4. The Morgan fingerprint density at radius 1 is 1.10 bits per heavy atom. The van der Waals surface area contributed by atoms with Gasteiger partial charge in [0.1, 0.15) is 0 Å². The maximum atomic E-state index is 12.3. The van der Waals surface area contributed by atoms with E-state index in [-0.39, 0.29) is 10.8 Å². The van der Waals surface area contributed by atoms with E-state index in [4.69, 9.17) is 5.73 Å². The Labute approximate surface area is 126 Å². The lowest BCUT2D eigenvalue weighted by Gasteiger charge is -2.36. The number of anilines is 1. The molecule has 0 aliphatic carbocycles. The molecular formula is C14H23N3O3S. The summed E-state index contributed by atoms with van der Waals surface area (Å²) in [6.45, 7) is 7.11. The van der Waals surface area contributed by atoms with Gasteiger partial charge in [0, 0.05) is 11.2 Å². The van der Waals surface area contributed by atoms with Crippen molar-refractivity contribution in [1.29, 1.82) is 0 Å². The van der Waals surface area contributed by atoms with Crippen molar-refractivity contribution in [3.8, 4) is 0 Å². The van der Waals surface area contributed by atoms with E-state index in [2.05, 4.69) is 10.0 Å². The van der Waals surface area contributed by atoms with Crippen LogP contribution in [0.2, 0.25) is 0 Å². The summed E-state index contributed by atoms with van der Waals surface area (Å²) in [5.41, 5.74) is 5.08. The Morgan fingerprint density at radius 3 is 1.95 bits per heavy atom. The van der Waals surface area contributed by atoms with Crippen LogP contribution in [0, 0.1) is 5.41 Å². The number of nitrogens with one attached hydrogen (secondary N) is 2. The number of sulfonamides is 1. The second-order valence-corrected chi connectivity index (χ2v) is 7.92. The monoisotopic (exact) mass is 313 g/mol. The molecule has 0 spiro atoms. The van der Waals surface area contributed by atoms with Crippen LogP contribution in [0.4, 0.5) is 5.69 Å². The number of amides is 1. The standard InChI is InChI=1S/C14H23N3O3S/c1-13(2,14(3,4)15)12(18)17-10-6-8-11(9-7-10)21(19,20)16-5/h6-9,16H,15H2,1-5H3,(H,17,18). The lowest BCUT2D eigenvalue weighted by atomic mass is 9.74. The Kier molecular flexibility index (Phi) is 4.82. The number of benzene rings is 1. The third-order valence-electron chi connectivity index (χ3n) is 3.87. The summed E-state index contributed by atoms with van der Waals surface area (Å²) in [6.07, 6.45) is 0. The molecule has 1 amide bonds. The molecule has 0 fully saturated rings. The van der Waals surface area contributed by atoms with Gasteiger partial charge in [0.05, 0.1) is 10.3 Å². The zero-order chi connectivity index (χ0) is 16.5. The van der Waals surface area contributed by atoms with E-state index < -0.39 is 21.0 Å². The van der Waals surface area contributed by atoms with Crippen molar-refractivity contribution in [1.82, 2.24) is 4.72 Å². The van der Waals surface area contributed by atoms with E-state index in [9.17, 15) is 13.2 Å². The molecule has 0 aliphatic rings. The fraction of sp³-hybridized carbons (Fsp3) is 0.500. The van der Waals surface area contributed by atoms with E-state index in [0.29, 0.717) is 5.69 Å². The molecule has 21 heavy (non-hydrogen) atoms. The number of hydrogen-bond acceptors (Lipinski definition) is 4. The molecule has 0 saturated heterocycles. The largest absolute Gasteiger partial charge is 0.326 e. The van der Waals surface area contributed by atoms with Crippen molar-refractivity contribution in [2.75, 3.05) is 12.4 Å². The molecule has 118 valence electrons. The third kappa shape index (κ3) is 3.81. The summed E-state index contributed by atoms with van der Waals surface area (Å²) in [6, 6.07) is 5.95. The normalized spacial score (nSPS) is 13.0. The van der Waals surface area contributed by atoms with Crippen LogP contribution >= 0.6 is 0 Å². The molecule has 4 N–H and O–H groups in total. The molecule has 0 atom stereocenters. The highest BCUT2D eigenvalue weighted by molar-refractivity contribution is 7.89. The van der Waals surface area contributed by atoms with Crippen LogP contribution < -0.4 is 15.8 Å². The molecule has 0 bridgehead atoms. The minimum absolute atomic E-state index is 0.140. The minimum atomic E-state index is -3.48. The molecule has 1 aromatic carbocycles. The van der Waals surface area contributed by atoms with Gasteiger partial charge in [-0.3, -0.25) is 4.79 Å². The quantitative estimate of drug-likeness (QED) is 0.762. The Morgan fingerprint density at radius 2 is 1.57 bits per heavy atom. The molecule has 0 aromatic heterocycles. The summed E-state index contributed by atoms with van der Waals surface area (Å²) in [7, 11) is -2.13. The van der Waals surface area contributed by atoms with Crippen LogP contribution in [0.3, 0.4) is 0 Å². The SMILES string of the molecule is CNS(=O)(=O)c1ccc(NC(=O)C(C)(C)C(C)(C)N)cc1. The number of nitrogens with two attached hydrogens (primary N) is 1. The lowest BCUT2D eigenvalue weighted by Crippen LogP contribution is -2.53. The molecule has 0 heterocycles. The number of carbonyl (C=O) groups excluding carboxylic acids is 1. The molecule has 0 saturated carbocycles. The lowest BCUT2D eigenvalue weighted by molar-refractivity contribution is -0.126. The summed E-state index contributed by atoms with van der Waals surface area (Å²) >= 11 is 0. The van der Waals surface area contributed by atoms with Crippen LogP contribution in [0.1, 0.15) is 27.7 Å². The molecule has 0 aliphatic heterocycles. The summed E-state index contributed by atoms with van der Waals surface area (Å²) in [5.74, 6) is -0.223. The van der Waals surface area contributed by atoms with E-state index >= 15 is 0 Å². The Bertz CT molecular complexity index is 614. The van der Waals surface area contributed by atoms with Crippen LogP contribution in [-0.4, -0.2) is 26.9 Å². The number of hydrogen-bond donors (Lipinski definition) is 3. The number of rotatable bonds is 5. The van der Waals surface area contributed by atoms with Gasteiger partial charge < -0.3 is 11.1 Å². The van der Waals surface area contributed by atoms with Gasteiger partial charge in [0.25, 0.3) is 0 Å². The molecular weight excluding hydrogens is 290 g/mol. The number of carbonyl (C=O) groups is 1. The van der Waals surface area contributed by atoms with E-state index in [1.54, 1.807) is 39.8 Å². The van der Waals surface area contributed by atoms with Crippen LogP contribution in [0.5, 0.6) is 0 Å². The van der Waals surface area contributed by atoms with Crippen LogP contribution in [0.15, 0.2) is 29.2 Å². The van der Waals surface area contributed by atoms with Gasteiger partial charge in [0.2, 0.25) is 15.9 Å². The zero-order valence-corrected chi connectivity index (χ0v) is 13.8. The Hall–Kier alpha value is -1.44. The summed E-state index contributed by atoms with van der Waals surface area (Å²) in [5, 5.41) is 2.75. The predicted octanol–water partition coefficient (Wildman–Crippen LogP) is 1.30. The second kappa shape index (κ2) is 5.75. The van der Waals surface area contributed by atoms with Gasteiger partial charge in [-0.15, -0.1) is 0 Å². The first-order chi connectivity index (χ1) is 9.41. The van der Waals surface area contributed by atoms with Gasteiger partial charge in [-0.1, -0.05) is 0 Å². The molecule has 7 heteroatoms. The highest BCUT2D eigenvalue weighted by atomic mass is 32.2. The molecule has 1 aromatic rings. The van der Waals surface area contributed by atoms with Crippen molar-refractivity contribution in [3.63, 3.8) is 0 Å².